The second kappa shape index (κ2) is 12.5. The number of carbonyl (C=O) groups is 2. The molecule has 3 amide bonds. The van der Waals surface area contributed by atoms with Gasteiger partial charge in [-0.1, -0.05) is 12.1 Å². The first-order valence-electron chi connectivity index (χ1n) is 15.4. The van der Waals surface area contributed by atoms with Gasteiger partial charge < -0.3 is 10.5 Å². The molecule has 236 valence electrons. The van der Waals surface area contributed by atoms with Gasteiger partial charge in [-0.2, -0.15) is 9.40 Å². The van der Waals surface area contributed by atoms with E-state index < -0.39 is 16.1 Å². The number of nitrogens with one attached hydrogen (secondary N) is 1. The van der Waals surface area contributed by atoms with Crippen molar-refractivity contribution in [2.75, 3.05) is 44.2 Å². The molecule has 1 aromatic heterocycles. The number of likely N-dealkylation sites (tertiary alicyclic amines) is 1. The van der Waals surface area contributed by atoms with Gasteiger partial charge in [0.1, 0.15) is 11.9 Å². The van der Waals surface area contributed by atoms with Crippen LogP contribution in [0.5, 0.6) is 5.75 Å². The highest BCUT2D eigenvalue weighted by atomic mass is 32.2. The van der Waals surface area contributed by atoms with Gasteiger partial charge >= 0.3 is 6.03 Å². The fraction of sp³-hybridized carbons (Fsp3) is 0.516. The van der Waals surface area contributed by atoms with Crippen molar-refractivity contribution < 1.29 is 22.7 Å². The predicted molar refractivity (Wildman–Crippen MR) is 167 cm³/mol. The molecule has 44 heavy (non-hydrogen) atoms. The van der Waals surface area contributed by atoms with E-state index in [1.807, 2.05) is 26.1 Å². The Bertz CT molecular complexity index is 1640. The van der Waals surface area contributed by atoms with Crippen molar-refractivity contribution in [3.63, 3.8) is 0 Å². The number of benzene rings is 2. The molecule has 0 radical (unpaired) electrons. The van der Waals surface area contributed by atoms with Crippen molar-refractivity contribution in [1.29, 1.82) is 0 Å². The van der Waals surface area contributed by atoms with E-state index in [0.29, 0.717) is 50.0 Å². The third kappa shape index (κ3) is 6.32. The zero-order chi connectivity index (χ0) is 31.0. The number of urea groups is 1. The molecule has 6 rings (SSSR count). The minimum absolute atomic E-state index is 0.0604. The number of sulfonamides is 1. The number of aryl methyl sites for hydroxylation is 1. The fourth-order valence-electron chi connectivity index (χ4n) is 6.53. The molecule has 1 atom stereocenters. The number of ether oxygens (including phenoxy) is 1. The Hall–Kier alpha value is -3.52. The molecule has 0 unspecified atom stereocenters. The number of rotatable bonds is 8. The summed E-state index contributed by atoms with van der Waals surface area (Å²) in [4.78, 5) is 28.2. The predicted octanol–water partition coefficient (Wildman–Crippen LogP) is 2.78. The molecule has 3 N–H and O–H groups in total. The Labute approximate surface area is 258 Å². The minimum Gasteiger partial charge on any atom is -0.489 e. The lowest BCUT2D eigenvalue weighted by Gasteiger charge is -2.34. The standard InChI is InChI=1S/C31H41N7O5S/c1-21(43-25-4-3-5-26(19-25)44(41,42)37-15-10-24(32)11-16-37)20-36-13-8-22(9-14-36)23-6-7-27-28(18-23)35(2)34-30(27)38-17-12-29(39)33-31(38)40/h3-7,18-19,21-22,24H,8-17,20,32H2,1-2H3,(H,33,39,40)/t21-/m0/s1. The van der Waals surface area contributed by atoms with Gasteiger partial charge in [-0.05, 0) is 81.4 Å². The highest BCUT2D eigenvalue weighted by molar-refractivity contribution is 7.89. The van der Waals surface area contributed by atoms with Gasteiger partial charge in [-0.25, -0.2) is 13.2 Å². The van der Waals surface area contributed by atoms with Gasteiger partial charge in [0.05, 0.1) is 10.4 Å². The van der Waals surface area contributed by atoms with Crippen molar-refractivity contribution in [2.45, 2.75) is 62.0 Å². The number of hydrogen-bond acceptors (Lipinski definition) is 8. The van der Waals surface area contributed by atoms with E-state index in [0.717, 1.165) is 43.4 Å². The SMILES string of the molecule is C[C@@H](CN1CCC(c2ccc3c(N4CCC(=O)NC4=O)nn(C)c3c2)CC1)Oc1cccc(S(=O)(=O)N2CCC(N)CC2)c1. The number of piperidine rings is 2. The number of aromatic nitrogens is 2. The highest BCUT2D eigenvalue weighted by Crippen LogP contribution is 2.34. The molecule has 3 fully saturated rings. The average molecular weight is 624 g/mol. The fourth-order valence-corrected chi connectivity index (χ4v) is 8.04. The molecule has 3 aromatic rings. The van der Waals surface area contributed by atoms with Crippen LogP contribution in [-0.4, -0.2) is 90.8 Å². The molecule has 4 heterocycles. The van der Waals surface area contributed by atoms with Crippen molar-refractivity contribution in [3.8, 4) is 5.75 Å². The molecule has 0 bridgehead atoms. The molecule has 2 aromatic carbocycles. The monoisotopic (exact) mass is 623 g/mol. The number of nitrogens with two attached hydrogens (primary N) is 1. The van der Waals surface area contributed by atoms with Crippen molar-refractivity contribution in [2.24, 2.45) is 12.8 Å². The molecule has 0 spiro atoms. The summed E-state index contributed by atoms with van der Waals surface area (Å²) in [5.41, 5.74) is 8.17. The maximum atomic E-state index is 13.2. The molecular formula is C31H41N7O5S. The third-order valence-corrected chi connectivity index (χ3v) is 10.9. The van der Waals surface area contributed by atoms with Gasteiger partial charge in [0, 0.05) is 57.1 Å². The summed E-state index contributed by atoms with van der Waals surface area (Å²) in [7, 11) is -1.70. The van der Waals surface area contributed by atoms with E-state index in [9.17, 15) is 18.0 Å². The summed E-state index contributed by atoms with van der Waals surface area (Å²) in [6, 6.07) is 12.8. The molecule has 3 aliphatic rings. The summed E-state index contributed by atoms with van der Waals surface area (Å²) >= 11 is 0. The molecular weight excluding hydrogens is 582 g/mol. The van der Waals surface area contributed by atoms with Gasteiger partial charge in [0.25, 0.3) is 0 Å². The van der Waals surface area contributed by atoms with Gasteiger partial charge in [0.15, 0.2) is 5.82 Å². The van der Waals surface area contributed by atoms with Gasteiger partial charge in [-0.3, -0.25) is 24.6 Å². The van der Waals surface area contributed by atoms with Crippen LogP contribution in [0.2, 0.25) is 0 Å². The Kier molecular flexibility index (Phi) is 8.64. The van der Waals surface area contributed by atoms with Crippen LogP contribution in [0.3, 0.4) is 0 Å². The minimum atomic E-state index is -3.58. The van der Waals surface area contributed by atoms with E-state index in [1.54, 1.807) is 22.9 Å². The molecule has 13 heteroatoms. The Morgan fingerprint density at radius 3 is 2.50 bits per heavy atom. The Morgan fingerprint density at radius 2 is 1.77 bits per heavy atom. The number of fused-ring (bicyclic) bond motifs is 1. The topological polar surface area (TPSA) is 143 Å². The zero-order valence-corrected chi connectivity index (χ0v) is 26.1. The molecule has 0 saturated carbocycles. The second-order valence-electron chi connectivity index (χ2n) is 12.2. The third-order valence-electron chi connectivity index (χ3n) is 9.02. The van der Waals surface area contributed by atoms with E-state index in [1.165, 1.54) is 14.8 Å². The molecule has 0 aliphatic carbocycles. The number of anilines is 1. The van der Waals surface area contributed by atoms with E-state index in [-0.39, 0.29) is 29.4 Å². The first kappa shape index (κ1) is 30.5. The zero-order valence-electron chi connectivity index (χ0n) is 25.3. The molecule has 3 saturated heterocycles. The number of amides is 3. The number of imide groups is 1. The maximum Gasteiger partial charge on any atom is 0.329 e. The van der Waals surface area contributed by atoms with Gasteiger partial charge in [-0.15, -0.1) is 0 Å². The lowest BCUT2D eigenvalue weighted by Crippen LogP contribution is -2.49. The summed E-state index contributed by atoms with van der Waals surface area (Å²) < 4.78 is 35.9. The van der Waals surface area contributed by atoms with Crippen LogP contribution in [-0.2, 0) is 21.9 Å². The maximum absolute atomic E-state index is 13.2. The lowest BCUT2D eigenvalue weighted by molar-refractivity contribution is -0.120. The number of hydrogen-bond donors (Lipinski definition) is 2. The Morgan fingerprint density at radius 1 is 1.02 bits per heavy atom. The smallest absolute Gasteiger partial charge is 0.329 e. The number of carbonyl (C=O) groups excluding carboxylic acids is 2. The van der Waals surface area contributed by atoms with Crippen LogP contribution in [0.15, 0.2) is 47.4 Å². The average Bonchev–Trinajstić information content (AvgIpc) is 3.33. The van der Waals surface area contributed by atoms with Crippen molar-refractivity contribution in [1.82, 2.24) is 24.3 Å². The van der Waals surface area contributed by atoms with E-state index in [4.69, 9.17) is 10.5 Å². The number of nitrogens with zero attached hydrogens (tertiary/aromatic N) is 5. The molecule has 3 aliphatic heterocycles. The highest BCUT2D eigenvalue weighted by Gasteiger charge is 2.30. The quantitative estimate of drug-likeness (QED) is 0.390. The van der Waals surface area contributed by atoms with Crippen molar-refractivity contribution >= 4 is 38.7 Å². The van der Waals surface area contributed by atoms with Crippen LogP contribution in [0.4, 0.5) is 10.6 Å². The van der Waals surface area contributed by atoms with E-state index in [2.05, 4.69) is 27.4 Å². The summed E-state index contributed by atoms with van der Waals surface area (Å²) in [6.07, 6.45) is 3.51. The van der Waals surface area contributed by atoms with Crippen LogP contribution in [0.25, 0.3) is 10.9 Å². The first-order chi connectivity index (χ1) is 21.1. The largest absolute Gasteiger partial charge is 0.489 e. The normalized spacial score (nSPS) is 20.7. The summed E-state index contributed by atoms with van der Waals surface area (Å²) in [5.74, 6) is 1.27. The van der Waals surface area contributed by atoms with Crippen LogP contribution in [0, 0.1) is 0 Å². The first-order valence-corrected chi connectivity index (χ1v) is 16.9. The summed E-state index contributed by atoms with van der Waals surface area (Å²) in [5, 5.41) is 7.87. The lowest BCUT2D eigenvalue weighted by atomic mass is 9.89. The Balaban J connectivity index is 1.04. The van der Waals surface area contributed by atoms with Crippen LogP contribution < -0.4 is 20.7 Å². The van der Waals surface area contributed by atoms with Crippen molar-refractivity contribution in [3.05, 3.63) is 48.0 Å². The molecule has 12 nitrogen and oxygen atoms in total. The second-order valence-corrected chi connectivity index (χ2v) is 14.1. The van der Waals surface area contributed by atoms with Crippen LogP contribution >= 0.6 is 0 Å². The summed E-state index contributed by atoms with van der Waals surface area (Å²) in [6.45, 7) is 5.83. The van der Waals surface area contributed by atoms with Crippen LogP contribution in [0.1, 0.15) is 50.5 Å². The van der Waals surface area contributed by atoms with Gasteiger partial charge in [0.2, 0.25) is 15.9 Å². The van der Waals surface area contributed by atoms with E-state index >= 15 is 0 Å².